The van der Waals surface area contributed by atoms with Crippen molar-refractivity contribution >= 4 is 17.3 Å². The van der Waals surface area contributed by atoms with Crippen LogP contribution in [0.25, 0.3) is 0 Å². The van der Waals surface area contributed by atoms with Gasteiger partial charge < -0.3 is 9.64 Å². The zero-order valence-corrected chi connectivity index (χ0v) is 12.4. The lowest BCUT2D eigenvalue weighted by atomic mass is 10.1. The van der Waals surface area contributed by atoms with Crippen molar-refractivity contribution < 1.29 is 4.74 Å². The Hall–Kier alpha value is -1.57. The fraction of sp³-hybridized carbons (Fsp3) is 0.500. The van der Waals surface area contributed by atoms with E-state index in [2.05, 4.69) is 24.8 Å². The summed E-state index contributed by atoms with van der Waals surface area (Å²) in [6, 6.07) is 2.19. The van der Waals surface area contributed by atoms with E-state index in [1.165, 1.54) is 0 Å². The Labute approximate surface area is 127 Å². The molecule has 2 aliphatic heterocycles. The van der Waals surface area contributed by atoms with Crippen LogP contribution in [0, 0.1) is 0 Å². The summed E-state index contributed by atoms with van der Waals surface area (Å²) in [5.74, 6) is 0.812. The summed E-state index contributed by atoms with van der Waals surface area (Å²) in [4.78, 5) is 17.9. The molecule has 0 radical (unpaired) electrons. The molecule has 2 fully saturated rings. The highest BCUT2D eigenvalue weighted by molar-refractivity contribution is 7.09. The molecule has 0 aliphatic carbocycles. The Morgan fingerprint density at radius 3 is 2.90 bits per heavy atom. The van der Waals surface area contributed by atoms with Crippen LogP contribution in [-0.4, -0.2) is 58.2 Å². The van der Waals surface area contributed by atoms with Crippen LogP contribution in [0.2, 0.25) is 0 Å². The van der Waals surface area contributed by atoms with E-state index in [4.69, 9.17) is 4.74 Å². The van der Waals surface area contributed by atoms with Gasteiger partial charge in [-0.3, -0.25) is 4.90 Å². The first-order valence-electron chi connectivity index (χ1n) is 7.16. The molecule has 0 N–H and O–H groups in total. The van der Waals surface area contributed by atoms with Gasteiger partial charge in [-0.25, -0.2) is 15.0 Å². The predicted octanol–water partition coefficient (Wildman–Crippen LogP) is 1.02. The summed E-state index contributed by atoms with van der Waals surface area (Å²) in [7, 11) is 0. The SMILES string of the molecule is c1cnc(N2CCO[C@H]3CN(Cc4nccs4)C[C@H]32)nc1. The van der Waals surface area contributed by atoms with Crippen LogP contribution >= 0.6 is 11.3 Å². The number of nitrogens with zero attached hydrogens (tertiary/aromatic N) is 5. The molecule has 2 atom stereocenters. The fourth-order valence-corrected chi connectivity index (χ4v) is 3.76. The number of morpholine rings is 1. The van der Waals surface area contributed by atoms with Gasteiger partial charge in [0.15, 0.2) is 0 Å². The number of likely N-dealkylation sites (tertiary alicyclic amines) is 1. The Morgan fingerprint density at radius 2 is 2.10 bits per heavy atom. The van der Waals surface area contributed by atoms with Gasteiger partial charge in [0, 0.05) is 43.6 Å². The minimum Gasteiger partial charge on any atom is -0.373 e. The number of aromatic nitrogens is 3. The van der Waals surface area contributed by atoms with Crippen molar-refractivity contribution in [3.8, 4) is 0 Å². The molecule has 2 aliphatic rings. The third-order valence-electron chi connectivity index (χ3n) is 4.03. The topological polar surface area (TPSA) is 54.4 Å². The first-order chi connectivity index (χ1) is 10.4. The zero-order valence-electron chi connectivity index (χ0n) is 11.6. The quantitative estimate of drug-likeness (QED) is 0.844. The number of hydrogen-bond donors (Lipinski definition) is 0. The van der Waals surface area contributed by atoms with Gasteiger partial charge >= 0.3 is 0 Å². The van der Waals surface area contributed by atoms with Gasteiger partial charge in [-0.05, 0) is 6.07 Å². The molecule has 2 aromatic rings. The highest BCUT2D eigenvalue weighted by atomic mass is 32.1. The molecule has 0 unspecified atom stereocenters. The second-order valence-electron chi connectivity index (χ2n) is 5.34. The smallest absolute Gasteiger partial charge is 0.225 e. The summed E-state index contributed by atoms with van der Waals surface area (Å²) >= 11 is 1.71. The molecule has 6 nitrogen and oxygen atoms in total. The Morgan fingerprint density at radius 1 is 1.19 bits per heavy atom. The molecular formula is C14H17N5OS. The van der Waals surface area contributed by atoms with Crippen LogP contribution in [-0.2, 0) is 11.3 Å². The number of hydrogen-bond acceptors (Lipinski definition) is 7. The van der Waals surface area contributed by atoms with E-state index in [9.17, 15) is 0 Å². The van der Waals surface area contributed by atoms with Gasteiger partial charge in [0.05, 0.1) is 25.3 Å². The molecule has 0 bridgehead atoms. The predicted molar refractivity (Wildman–Crippen MR) is 80.3 cm³/mol. The average molecular weight is 303 g/mol. The molecule has 7 heteroatoms. The highest BCUT2D eigenvalue weighted by Gasteiger charge is 2.41. The van der Waals surface area contributed by atoms with Crippen molar-refractivity contribution in [2.75, 3.05) is 31.1 Å². The van der Waals surface area contributed by atoms with Crippen LogP contribution in [0.3, 0.4) is 0 Å². The van der Waals surface area contributed by atoms with Gasteiger partial charge in [0.1, 0.15) is 5.01 Å². The summed E-state index contributed by atoms with van der Waals surface area (Å²) in [6.07, 6.45) is 5.70. The third kappa shape index (κ3) is 2.64. The standard InChI is InChI=1S/C14H17N5OS/c1-2-16-14(17-3-1)19-5-6-20-12-9-18(8-11(12)19)10-13-15-4-7-21-13/h1-4,7,11-12H,5-6,8-10H2/t11-,12+/m1/s1. The normalized spacial score (nSPS) is 26.0. The second-order valence-corrected chi connectivity index (χ2v) is 6.32. The first-order valence-corrected chi connectivity index (χ1v) is 8.04. The lowest BCUT2D eigenvalue weighted by molar-refractivity contribution is 0.0300. The van der Waals surface area contributed by atoms with E-state index < -0.39 is 0 Å². The zero-order chi connectivity index (χ0) is 14.1. The van der Waals surface area contributed by atoms with Crippen LogP contribution in [0.15, 0.2) is 30.0 Å². The molecular weight excluding hydrogens is 286 g/mol. The summed E-state index contributed by atoms with van der Waals surface area (Å²) in [5, 5.41) is 3.19. The van der Waals surface area contributed by atoms with Crippen LogP contribution in [0.1, 0.15) is 5.01 Å². The number of anilines is 1. The second kappa shape index (κ2) is 5.67. The lowest BCUT2D eigenvalue weighted by Crippen LogP contribution is -2.51. The number of rotatable bonds is 3. The summed E-state index contributed by atoms with van der Waals surface area (Å²) < 4.78 is 5.95. The van der Waals surface area contributed by atoms with Crippen molar-refractivity contribution in [3.05, 3.63) is 35.0 Å². The van der Waals surface area contributed by atoms with Gasteiger partial charge in [0.25, 0.3) is 0 Å². The molecule has 0 spiro atoms. The molecule has 0 saturated carbocycles. The van der Waals surface area contributed by atoms with Crippen LogP contribution in [0.4, 0.5) is 5.95 Å². The summed E-state index contributed by atoms with van der Waals surface area (Å²) in [5.41, 5.74) is 0. The van der Waals surface area contributed by atoms with E-state index in [0.29, 0.717) is 6.04 Å². The van der Waals surface area contributed by atoms with E-state index in [1.807, 2.05) is 17.6 Å². The minimum atomic E-state index is 0.238. The number of ether oxygens (including phenoxy) is 1. The molecule has 0 amide bonds. The Bertz CT molecular complexity index is 578. The fourth-order valence-electron chi connectivity index (χ4n) is 3.10. The molecule has 4 rings (SSSR count). The van der Waals surface area contributed by atoms with E-state index in [1.54, 1.807) is 23.7 Å². The monoisotopic (exact) mass is 303 g/mol. The largest absolute Gasteiger partial charge is 0.373 e. The lowest BCUT2D eigenvalue weighted by Gasteiger charge is -2.36. The van der Waals surface area contributed by atoms with Gasteiger partial charge in [-0.15, -0.1) is 11.3 Å². The number of thiazole rings is 1. The van der Waals surface area contributed by atoms with Crippen LogP contribution in [0.5, 0.6) is 0 Å². The summed E-state index contributed by atoms with van der Waals surface area (Å²) in [6.45, 7) is 4.42. The van der Waals surface area contributed by atoms with Crippen molar-refractivity contribution in [3.63, 3.8) is 0 Å². The average Bonchev–Trinajstić information content (AvgIpc) is 3.17. The molecule has 21 heavy (non-hydrogen) atoms. The van der Waals surface area contributed by atoms with Crippen molar-refractivity contribution in [1.29, 1.82) is 0 Å². The Balaban J connectivity index is 1.50. The molecule has 2 aromatic heterocycles. The molecule has 2 saturated heterocycles. The first kappa shape index (κ1) is 13.1. The van der Waals surface area contributed by atoms with E-state index in [0.717, 1.165) is 43.7 Å². The molecule has 110 valence electrons. The Kier molecular flexibility index (Phi) is 3.54. The van der Waals surface area contributed by atoms with Crippen molar-refractivity contribution in [2.24, 2.45) is 0 Å². The maximum atomic E-state index is 5.95. The van der Waals surface area contributed by atoms with Gasteiger partial charge in [-0.2, -0.15) is 0 Å². The molecule has 4 heterocycles. The minimum absolute atomic E-state index is 0.238. The molecule has 0 aromatic carbocycles. The maximum absolute atomic E-state index is 5.95. The van der Waals surface area contributed by atoms with Crippen LogP contribution < -0.4 is 4.90 Å². The van der Waals surface area contributed by atoms with E-state index in [-0.39, 0.29) is 6.10 Å². The van der Waals surface area contributed by atoms with Gasteiger partial charge in [0.2, 0.25) is 5.95 Å². The van der Waals surface area contributed by atoms with Gasteiger partial charge in [-0.1, -0.05) is 0 Å². The maximum Gasteiger partial charge on any atom is 0.225 e. The van der Waals surface area contributed by atoms with Crippen molar-refractivity contribution in [1.82, 2.24) is 19.9 Å². The number of fused-ring (bicyclic) bond motifs is 1. The highest BCUT2D eigenvalue weighted by Crippen LogP contribution is 2.26. The van der Waals surface area contributed by atoms with E-state index >= 15 is 0 Å². The third-order valence-corrected chi connectivity index (χ3v) is 4.79. The van der Waals surface area contributed by atoms with Crippen molar-refractivity contribution in [2.45, 2.75) is 18.7 Å².